The molecule has 1 aromatic heterocycles. The molecule has 1 saturated carbocycles. The van der Waals surface area contributed by atoms with Crippen LogP contribution in [0.5, 0.6) is 0 Å². The van der Waals surface area contributed by atoms with Crippen LogP contribution >= 0.6 is 0 Å². The average molecular weight is 328 g/mol. The quantitative estimate of drug-likeness (QED) is 0.830. The molecule has 1 heterocycles. The van der Waals surface area contributed by atoms with Crippen molar-refractivity contribution in [1.82, 2.24) is 20.4 Å². The number of hydrogen-bond donors (Lipinski definition) is 1. The summed E-state index contributed by atoms with van der Waals surface area (Å²) in [5.41, 5.74) is 0.991. The smallest absolute Gasteiger partial charge is 0.315 e. The Kier molecular flexibility index (Phi) is 4.88. The molecule has 0 aliphatic heterocycles. The number of amides is 2. The second-order valence-electron chi connectivity index (χ2n) is 5.97. The second kappa shape index (κ2) is 7.25. The summed E-state index contributed by atoms with van der Waals surface area (Å²) < 4.78 is 4.99. The molecule has 7 nitrogen and oxygen atoms in total. The lowest BCUT2D eigenvalue weighted by Gasteiger charge is -2.15. The Morgan fingerprint density at radius 2 is 2.04 bits per heavy atom. The summed E-state index contributed by atoms with van der Waals surface area (Å²) in [6, 6.07) is 9.58. The highest BCUT2D eigenvalue weighted by Crippen LogP contribution is 2.30. The van der Waals surface area contributed by atoms with E-state index < -0.39 is 5.91 Å². The Labute approximate surface area is 140 Å². The van der Waals surface area contributed by atoms with Crippen molar-refractivity contribution in [2.45, 2.75) is 25.8 Å². The second-order valence-corrected chi connectivity index (χ2v) is 5.97. The van der Waals surface area contributed by atoms with Gasteiger partial charge in [0.25, 0.3) is 0 Å². The molecule has 1 aromatic carbocycles. The van der Waals surface area contributed by atoms with Crippen molar-refractivity contribution in [3.63, 3.8) is 0 Å². The van der Waals surface area contributed by atoms with E-state index >= 15 is 0 Å². The van der Waals surface area contributed by atoms with Gasteiger partial charge in [-0.2, -0.15) is 4.98 Å². The van der Waals surface area contributed by atoms with Crippen LogP contribution in [-0.4, -0.2) is 40.4 Å². The lowest BCUT2D eigenvalue weighted by Crippen LogP contribution is -2.30. The largest absolute Gasteiger partial charge is 0.345 e. The summed E-state index contributed by atoms with van der Waals surface area (Å²) in [5.74, 6) is 0.325. The maximum atomic E-state index is 12.0. The third kappa shape index (κ3) is 4.18. The number of benzene rings is 1. The van der Waals surface area contributed by atoms with Gasteiger partial charge in [-0.05, 0) is 18.4 Å². The summed E-state index contributed by atoms with van der Waals surface area (Å²) in [4.78, 5) is 29.6. The highest BCUT2D eigenvalue weighted by Gasteiger charge is 2.31. The summed E-state index contributed by atoms with van der Waals surface area (Å²) in [5, 5.41) is 6.53. The summed E-state index contributed by atoms with van der Waals surface area (Å²) in [6.45, 7) is 0.913. The average Bonchev–Trinajstić information content (AvgIpc) is 3.35. The van der Waals surface area contributed by atoms with E-state index in [0.29, 0.717) is 25.3 Å². The van der Waals surface area contributed by atoms with Crippen LogP contribution < -0.4 is 5.32 Å². The molecule has 126 valence electrons. The van der Waals surface area contributed by atoms with Gasteiger partial charge in [0.05, 0.1) is 0 Å². The van der Waals surface area contributed by atoms with E-state index in [0.717, 1.165) is 18.4 Å². The lowest BCUT2D eigenvalue weighted by molar-refractivity contribution is -0.131. The van der Waals surface area contributed by atoms with Gasteiger partial charge in [-0.3, -0.25) is 9.59 Å². The molecule has 0 unspecified atom stereocenters. The van der Waals surface area contributed by atoms with Crippen LogP contribution in [0, 0.1) is 5.92 Å². The third-order valence-corrected chi connectivity index (χ3v) is 3.93. The number of aromatic nitrogens is 2. The Hall–Kier alpha value is -2.70. The molecule has 7 heteroatoms. The van der Waals surface area contributed by atoms with Crippen molar-refractivity contribution >= 4 is 11.8 Å². The van der Waals surface area contributed by atoms with Crippen molar-refractivity contribution in [2.24, 2.45) is 5.92 Å². The number of carbonyl (C=O) groups excluding carboxylic acids is 2. The van der Waals surface area contributed by atoms with Gasteiger partial charge >= 0.3 is 11.8 Å². The minimum atomic E-state index is -0.403. The first-order chi connectivity index (χ1) is 11.6. The fourth-order valence-corrected chi connectivity index (χ4v) is 2.32. The molecule has 0 spiro atoms. The molecule has 1 aliphatic carbocycles. The van der Waals surface area contributed by atoms with E-state index in [-0.39, 0.29) is 17.7 Å². The van der Waals surface area contributed by atoms with Crippen LogP contribution in [0.25, 0.3) is 0 Å². The van der Waals surface area contributed by atoms with Crippen molar-refractivity contribution in [2.75, 3.05) is 13.6 Å². The van der Waals surface area contributed by atoms with E-state index in [1.165, 1.54) is 0 Å². The summed E-state index contributed by atoms with van der Waals surface area (Å²) in [6.07, 6.45) is 2.43. The Morgan fingerprint density at radius 3 is 2.75 bits per heavy atom. The van der Waals surface area contributed by atoms with Crippen LogP contribution in [0.4, 0.5) is 0 Å². The Bertz CT molecular complexity index is 710. The van der Waals surface area contributed by atoms with Crippen molar-refractivity contribution < 1.29 is 14.1 Å². The zero-order valence-electron chi connectivity index (χ0n) is 13.6. The highest BCUT2D eigenvalue weighted by atomic mass is 16.5. The SMILES string of the molecule is CN(CCc1noc(C(=O)NCc2ccccc2)n1)C(=O)C1CC1. The van der Waals surface area contributed by atoms with Crippen LogP contribution in [0.1, 0.15) is 34.9 Å². The first-order valence-electron chi connectivity index (χ1n) is 8.03. The number of rotatable bonds is 7. The first kappa shape index (κ1) is 16.2. The van der Waals surface area contributed by atoms with E-state index in [1.54, 1.807) is 11.9 Å². The van der Waals surface area contributed by atoms with Crippen molar-refractivity contribution in [3.8, 4) is 0 Å². The number of likely N-dealkylation sites (N-methyl/N-ethyl adjacent to an activating group) is 1. The van der Waals surface area contributed by atoms with Gasteiger partial charge in [0.1, 0.15) is 0 Å². The van der Waals surface area contributed by atoms with Crippen LogP contribution in [0.15, 0.2) is 34.9 Å². The minimum absolute atomic E-state index is 0.0582. The standard InChI is InChI=1S/C17H20N4O3/c1-21(17(23)13-7-8-13)10-9-14-19-16(24-20-14)15(22)18-11-12-5-3-2-4-6-12/h2-6,13H,7-11H2,1H3,(H,18,22). The number of carbonyl (C=O) groups is 2. The van der Waals surface area contributed by atoms with E-state index in [9.17, 15) is 9.59 Å². The maximum absolute atomic E-state index is 12.0. The van der Waals surface area contributed by atoms with Crippen molar-refractivity contribution in [1.29, 1.82) is 0 Å². The molecule has 3 rings (SSSR count). The molecule has 0 bridgehead atoms. The Morgan fingerprint density at radius 1 is 1.29 bits per heavy atom. The minimum Gasteiger partial charge on any atom is -0.345 e. The van der Waals surface area contributed by atoms with Crippen LogP contribution in [0.2, 0.25) is 0 Å². The highest BCUT2D eigenvalue weighted by molar-refractivity contribution is 5.89. The molecule has 1 aliphatic rings. The van der Waals surface area contributed by atoms with Crippen LogP contribution in [-0.2, 0) is 17.8 Å². The molecule has 0 radical (unpaired) electrons. The van der Waals surface area contributed by atoms with Gasteiger partial charge in [-0.25, -0.2) is 0 Å². The van der Waals surface area contributed by atoms with E-state index in [2.05, 4.69) is 15.5 Å². The van der Waals surface area contributed by atoms with Gasteiger partial charge < -0.3 is 14.7 Å². The fourth-order valence-electron chi connectivity index (χ4n) is 2.32. The number of nitrogens with one attached hydrogen (secondary N) is 1. The first-order valence-corrected chi connectivity index (χ1v) is 8.03. The molecule has 0 saturated heterocycles. The summed E-state index contributed by atoms with van der Waals surface area (Å²) in [7, 11) is 1.77. The maximum Gasteiger partial charge on any atom is 0.315 e. The van der Waals surface area contributed by atoms with Gasteiger partial charge in [-0.1, -0.05) is 35.5 Å². The predicted octanol–water partition coefficient (Wildman–Crippen LogP) is 1.41. The molecule has 0 atom stereocenters. The fraction of sp³-hybridized carbons (Fsp3) is 0.412. The summed E-state index contributed by atoms with van der Waals surface area (Å²) >= 11 is 0. The molecule has 2 aromatic rings. The molecule has 2 amide bonds. The van der Waals surface area contributed by atoms with Gasteiger partial charge in [0, 0.05) is 32.5 Å². The topological polar surface area (TPSA) is 88.3 Å². The van der Waals surface area contributed by atoms with E-state index in [1.807, 2.05) is 30.3 Å². The number of hydrogen-bond acceptors (Lipinski definition) is 5. The third-order valence-electron chi connectivity index (χ3n) is 3.93. The molecule has 1 N–H and O–H groups in total. The van der Waals surface area contributed by atoms with Crippen molar-refractivity contribution in [3.05, 3.63) is 47.6 Å². The van der Waals surface area contributed by atoms with Gasteiger partial charge in [0.2, 0.25) is 5.91 Å². The molecule has 1 fully saturated rings. The monoisotopic (exact) mass is 328 g/mol. The Balaban J connectivity index is 1.47. The predicted molar refractivity (Wildman–Crippen MR) is 86.0 cm³/mol. The van der Waals surface area contributed by atoms with Gasteiger partial charge in [-0.15, -0.1) is 0 Å². The zero-order chi connectivity index (χ0) is 16.9. The van der Waals surface area contributed by atoms with Crippen LogP contribution in [0.3, 0.4) is 0 Å². The molecular formula is C17H20N4O3. The van der Waals surface area contributed by atoms with Gasteiger partial charge in [0.15, 0.2) is 5.82 Å². The normalized spacial score (nSPS) is 13.5. The molecule has 24 heavy (non-hydrogen) atoms. The zero-order valence-corrected chi connectivity index (χ0v) is 13.6. The number of nitrogens with zero attached hydrogens (tertiary/aromatic N) is 3. The lowest BCUT2D eigenvalue weighted by atomic mass is 10.2. The van der Waals surface area contributed by atoms with E-state index in [4.69, 9.17) is 4.52 Å². The molecular weight excluding hydrogens is 308 g/mol.